The van der Waals surface area contributed by atoms with Crippen molar-refractivity contribution in [2.75, 3.05) is 7.11 Å². The number of nitrogens with two attached hydrogens (primary N) is 1. The Morgan fingerprint density at radius 3 is 2.35 bits per heavy atom. The highest BCUT2D eigenvalue weighted by molar-refractivity contribution is 5.38. The first kappa shape index (κ1) is 13.6. The van der Waals surface area contributed by atoms with Crippen LogP contribution in [0.2, 0.25) is 0 Å². The maximum atomic E-state index is 12.6. The Kier molecular flexibility index (Phi) is 3.87. The second kappa shape index (κ2) is 4.82. The molecule has 0 amide bonds. The van der Waals surface area contributed by atoms with Crippen molar-refractivity contribution < 1.29 is 26.7 Å². The van der Waals surface area contributed by atoms with Crippen LogP contribution in [-0.2, 0) is 12.7 Å². The highest BCUT2D eigenvalue weighted by Crippen LogP contribution is 2.39. The Balaban J connectivity index is 3.53. The van der Waals surface area contributed by atoms with E-state index in [1.165, 1.54) is 0 Å². The van der Waals surface area contributed by atoms with Crippen molar-refractivity contribution in [1.82, 2.24) is 4.98 Å². The van der Waals surface area contributed by atoms with E-state index >= 15 is 0 Å². The lowest BCUT2D eigenvalue weighted by Crippen LogP contribution is -2.17. The standard InChI is InChI=1S/C9H9F5N2O/c1-17-6-2-4(8(10)11)7(9(12,13)14)5(3-15)16-6/h2,8H,3,15H2,1H3. The predicted octanol–water partition coefficient (Wildman–Crippen LogP) is 2.51. The van der Waals surface area contributed by atoms with Gasteiger partial charge in [0.15, 0.2) is 0 Å². The summed E-state index contributed by atoms with van der Waals surface area (Å²) in [5.74, 6) is -0.325. The average molecular weight is 256 g/mol. The van der Waals surface area contributed by atoms with Gasteiger partial charge in [0.2, 0.25) is 5.88 Å². The second-order valence-electron chi connectivity index (χ2n) is 3.08. The monoisotopic (exact) mass is 256 g/mol. The molecule has 0 aromatic carbocycles. The van der Waals surface area contributed by atoms with Gasteiger partial charge in [0.25, 0.3) is 6.43 Å². The normalized spacial score (nSPS) is 12.0. The van der Waals surface area contributed by atoms with Crippen LogP contribution in [0.3, 0.4) is 0 Å². The average Bonchev–Trinajstić information content (AvgIpc) is 2.25. The van der Waals surface area contributed by atoms with E-state index in [9.17, 15) is 22.0 Å². The van der Waals surface area contributed by atoms with Gasteiger partial charge >= 0.3 is 6.18 Å². The van der Waals surface area contributed by atoms with Gasteiger partial charge < -0.3 is 10.5 Å². The summed E-state index contributed by atoms with van der Waals surface area (Å²) >= 11 is 0. The molecule has 0 aliphatic rings. The lowest BCUT2D eigenvalue weighted by atomic mass is 10.1. The van der Waals surface area contributed by atoms with Gasteiger partial charge in [-0.05, 0) is 0 Å². The summed E-state index contributed by atoms with van der Waals surface area (Å²) in [6.45, 7) is -0.605. The summed E-state index contributed by atoms with van der Waals surface area (Å²) in [7, 11) is 1.12. The Morgan fingerprint density at radius 2 is 2.00 bits per heavy atom. The molecule has 96 valence electrons. The third-order valence-corrected chi connectivity index (χ3v) is 2.02. The number of halogens is 5. The number of ether oxygens (including phenoxy) is 1. The number of alkyl halides is 5. The molecule has 0 aliphatic carbocycles. The predicted molar refractivity (Wildman–Crippen MR) is 48.6 cm³/mol. The van der Waals surface area contributed by atoms with E-state index in [4.69, 9.17) is 5.73 Å². The van der Waals surface area contributed by atoms with Crippen LogP contribution in [0.1, 0.15) is 23.2 Å². The molecule has 0 aliphatic heterocycles. The number of rotatable bonds is 3. The summed E-state index contributed by atoms with van der Waals surface area (Å²) in [5, 5.41) is 0. The molecule has 0 fully saturated rings. The van der Waals surface area contributed by atoms with Gasteiger partial charge in [-0.3, -0.25) is 0 Å². The summed E-state index contributed by atoms with van der Waals surface area (Å²) in [5.41, 5.74) is 1.75. The Hall–Kier alpha value is -1.44. The minimum absolute atomic E-state index is 0.325. The van der Waals surface area contributed by atoms with E-state index in [1.54, 1.807) is 0 Å². The molecule has 0 unspecified atom stereocenters. The Labute approximate surface area is 93.4 Å². The van der Waals surface area contributed by atoms with Crippen LogP contribution in [0.15, 0.2) is 6.07 Å². The van der Waals surface area contributed by atoms with E-state index in [0.717, 1.165) is 7.11 Å². The molecule has 1 aromatic rings. The molecule has 0 bridgehead atoms. The first-order valence-corrected chi connectivity index (χ1v) is 4.44. The number of pyridine rings is 1. The SMILES string of the molecule is COc1cc(C(F)F)c(C(F)(F)F)c(CN)n1. The van der Waals surface area contributed by atoms with Gasteiger partial charge in [0.05, 0.1) is 18.4 Å². The molecular formula is C9H9F5N2O. The highest BCUT2D eigenvalue weighted by atomic mass is 19.4. The van der Waals surface area contributed by atoms with Gasteiger partial charge in [-0.25, -0.2) is 13.8 Å². The van der Waals surface area contributed by atoms with Crippen LogP contribution in [0.5, 0.6) is 5.88 Å². The largest absolute Gasteiger partial charge is 0.481 e. The zero-order chi connectivity index (χ0) is 13.2. The van der Waals surface area contributed by atoms with Gasteiger partial charge in [-0.15, -0.1) is 0 Å². The van der Waals surface area contributed by atoms with E-state index in [0.29, 0.717) is 6.07 Å². The minimum atomic E-state index is -4.93. The Morgan fingerprint density at radius 1 is 1.41 bits per heavy atom. The second-order valence-corrected chi connectivity index (χ2v) is 3.08. The lowest BCUT2D eigenvalue weighted by Gasteiger charge is -2.16. The third kappa shape index (κ3) is 2.82. The summed E-state index contributed by atoms with van der Waals surface area (Å²) < 4.78 is 67.5. The quantitative estimate of drug-likeness (QED) is 0.845. The molecule has 0 radical (unpaired) electrons. The van der Waals surface area contributed by atoms with Crippen molar-refractivity contribution in [2.45, 2.75) is 19.1 Å². The highest BCUT2D eigenvalue weighted by Gasteiger charge is 2.39. The lowest BCUT2D eigenvalue weighted by molar-refractivity contribution is -0.140. The molecule has 1 heterocycles. The van der Waals surface area contributed by atoms with Crippen molar-refractivity contribution >= 4 is 0 Å². The molecule has 0 atom stereocenters. The van der Waals surface area contributed by atoms with Crippen molar-refractivity contribution in [2.24, 2.45) is 5.73 Å². The molecule has 1 aromatic heterocycles. The number of hydrogen-bond donors (Lipinski definition) is 1. The van der Waals surface area contributed by atoms with Crippen molar-refractivity contribution in [1.29, 1.82) is 0 Å². The topological polar surface area (TPSA) is 48.1 Å². The van der Waals surface area contributed by atoms with E-state index in [1.807, 2.05) is 0 Å². The molecule has 0 saturated heterocycles. The molecule has 3 nitrogen and oxygen atoms in total. The summed E-state index contributed by atoms with van der Waals surface area (Å²) in [4.78, 5) is 3.42. The minimum Gasteiger partial charge on any atom is -0.481 e. The molecule has 1 rings (SSSR count). The number of nitrogens with zero attached hydrogens (tertiary/aromatic N) is 1. The fraction of sp³-hybridized carbons (Fsp3) is 0.444. The van der Waals surface area contributed by atoms with E-state index in [2.05, 4.69) is 9.72 Å². The van der Waals surface area contributed by atoms with Crippen LogP contribution < -0.4 is 10.5 Å². The number of aromatic nitrogens is 1. The van der Waals surface area contributed by atoms with Gasteiger partial charge in [0.1, 0.15) is 0 Å². The van der Waals surface area contributed by atoms with Crippen LogP contribution in [-0.4, -0.2) is 12.1 Å². The zero-order valence-electron chi connectivity index (χ0n) is 8.68. The maximum absolute atomic E-state index is 12.6. The van der Waals surface area contributed by atoms with Crippen LogP contribution in [0, 0.1) is 0 Å². The van der Waals surface area contributed by atoms with E-state index < -0.39 is 36.0 Å². The molecular weight excluding hydrogens is 247 g/mol. The zero-order valence-corrected chi connectivity index (χ0v) is 8.68. The summed E-state index contributed by atoms with van der Waals surface area (Å²) in [6.07, 6.45) is -8.21. The van der Waals surface area contributed by atoms with Gasteiger partial charge in [0, 0.05) is 18.2 Å². The summed E-state index contributed by atoms with van der Waals surface area (Å²) in [6, 6.07) is 0.562. The fourth-order valence-corrected chi connectivity index (χ4v) is 1.34. The van der Waals surface area contributed by atoms with Crippen molar-refractivity contribution in [3.05, 3.63) is 22.9 Å². The smallest absolute Gasteiger partial charge is 0.418 e. The van der Waals surface area contributed by atoms with Crippen LogP contribution in [0.4, 0.5) is 22.0 Å². The molecule has 17 heavy (non-hydrogen) atoms. The first-order chi connectivity index (χ1) is 7.81. The van der Waals surface area contributed by atoms with Crippen molar-refractivity contribution in [3.63, 3.8) is 0 Å². The van der Waals surface area contributed by atoms with E-state index in [-0.39, 0.29) is 5.88 Å². The molecule has 8 heteroatoms. The van der Waals surface area contributed by atoms with Gasteiger partial charge in [-0.1, -0.05) is 0 Å². The molecule has 2 N–H and O–H groups in total. The van der Waals surface area contributed by atoms with Crippen LogP contribution in [0.25, 0.3) is 0 Å². The first-order valence-electron chi connectivity index (χ1n) is 4.44. The maximum Gasteiger partial charge on any atom is 0.418 e. The van der Waals surface area contributed by atoms with Crippen molar-refractivity contribution in [3.8, 4) is 5.88 Å². The van der Waals surface area contributed by atoms with Gasteiger partial charge in [-0.2, -0.15) is 13.2 Å². The third-order valence-electron chi connectivity index (χ3n) is 2.02. The number of methoxy groups -OCH3 is 1. The fourth-order valence-electron chi connectivity index (χ4n) is 1.34. The molecule has 0 spiro atoms. The van der Waals surface area contributed by atoms with Crippen LogP contribution >= 0.6 is 0 Å². The Bertz CT molecular complexity index is 405. The molecule has 0 saturated carbocycles. The number of hydrogen-bond acceptors (Lipinski definition) is 3.